The van der Waals surface area contributed by atoms with E-state index in [1.54, 1.807) is 6.92 Å². The predicted molar refractivity (Wildman–Crippen MR) is 127 cm³/mol. The molecule has 1 atom stereocenters. The van der Waals surface area contributed by atoms with Gasteiger partial charge in [-0.1, -0.05) is 59.5 Å². The van der Waals surface area contributed by atoms with Gasteiger partial charge in [0.25, 0.3) is 5.56 Å². The zero-order valence-corrected chi connectivity index (χ0v) is 19.1. The lowest BCUT2D eigenvalue weighted by Gasteiger charge is -2.12. The van der Waals surface area contributed by atoms with E-state index >= 15 is 0 Å². The van der Waals surface area contributed by atoms with Crippen molar-refractivity contribution in [2.24, 2.45) is 0 Å². The standard InChI is InChI=1S/C23H22N4O2S2/c1-13-9-10-18-19(11-13)31-23(25-18)26-20(28)12-17-14(2)24-22(27-21(17)29)30-15(3)16-7-5-4-6-8-16/h4-11,15H,12H2,1-3H3,(H,24,27,29)(H,25,26,28). The summed E-state index contributed by atoms with van der Waals surface area (Å²) in [6, 6.07) is 16.0. The first-order valence-corrected chi connectivity index (χ1v) is 11.6. The fraction of sp³-hybridized carbons (Fsp3) is 0.217. The zero-order valence-electron chi connectivity index (χ0n) is 17.4. The highest BCUT2D eigenvalue weighted by Crippen LogP contribution is 2.32. The van der Waals surface area contributed by atoms with Crippen LogP contribution in [0.25, 0.3) is 10.2 Å². The minimum Gasteiger partial charge on any atom is -0.302 e. The molecule has 6 nitrogen and oxygen atoms in total. The summed E-state index contributed by atoms with van der Waals surface area (Å²) >= 11 is 2.90. The topological polar surface area (TPSA) is 87.7 Å². The lowest BCUT2D eigenvalue weighted by Crippen LogP contribution is -2.23. The Morgan fingerprint density at radius 2 is 1.94 bits per heavy atom. The van der Waals surface area contributed by atoms with E-state index in [1.807, 2.05) is 55.5 Å². The summed E-state index contributed by atoms with van der Waals surface area (Å²) in [5.41, 5.74) is 3.78. The number of aryl methyl sites for hydroxylation is 2. The Morgan fingerprint density at radius 3 is 2.68 bits per heavy atom. The van der Waals surface area contributed by atoms with Gasteiger partial charge in [-0.3, -0.25) is 9.59 Å². The van der Waals surface area contributed by atoms with Gasteiger partial charge in [-0.25, -0.2) is 9.97 Å². The van der Waals surface area contributed by atoms with Gasteiger partial charge in [0.05, 0.1) is 16.6 Å². The second-order valence-electron chi connectivity index (χ2n) is 7.32. The number of nitrogens with one attached hydrogen (secondary N) is 2. The first-order valence-electron chi connectivity index (χ1n) is 9.87. The minimum atomic E-state index is -0.288. The first-order chi connectivity index (χ1) is 14.9. The number of rotatable bonds is 6. The first kappa shape index (κ1) is 21.3. The van der Waals surface area contributed by atoms with Crippen LogP contribution in [0.4, 0.5) is 5.13 Å². The number of amides is 1. The lowest BCUT2D eigenvalue weighted by atomic mass is 10.1. The summed E-state index contributed by atoms with van der Waals surface area (Å²) in [7, 11) is 0. The molecular formula is C23H22N4O2S2. The number of benzene rings is 2. The van der Waals surface area contributed by atoms with Crippen molar-refractivity contribution in [3.63, 3.8) is 0 Å². The highest BCUT2D eigenvalue weighted by molar-refractivity contribution is 7.99. The number of carbonyl (C=O) groups is 1. The Kier molecular flexibility index (Phi) is 6.20. The molecule has 31 heavy (non-hydrogen) atoms. The van der Waals surface area contributed by atoms with Crippen LogP contribution in [0, 0.1) is 13.8 Å². The van der Waals surface area contributed by atoms with E-state index in [-0.39, 0.29) is 23.1 Å². The number of hydrogen-bond donors (Lipinski definition) is 2. The van der Waals surface area contributed by atoms with Crippen LogP contribution < -0.4 is 10.9 Å². The zero-order chi connectivity index (χ0) is 22.0. The molecule has 1 unspecified atom stereocenters. The van der Waals surface area contributed by atoms with Crippen LogP contribution in [0.3, 0.4) is 0 Å². The molecule has 4 rings (SSSR count). The molecule has 0 aliphatic rings. The van der Waals surface area contributed by atoms with Crippen LogP contribution in [0.15, 0.2) is 58.5 Å². The number of H-pyrrole nitrogens is 1. The van der Waals surface area contributed by atoms with Crippen molar-refractivity contribution in [3.8, 4) is 0 Å². The maximum atomic E-state index is 12.6. The van der Waals surface area contributed by atoms with Crippen LogP contribution >= 0.6 is 23.1 Å². The molecule has 0 aliphatic carbocycles. The smallest absolute Gasteiger partial charge is 0.255 e. The quantitative estimate of drug-likeness (QED) is 0.318. The molecule has 8 heteroatoms. The fourth-order valence-electron chi connectivity index (χ4n) is 3.22. The van der Waals surface area contributed by atoms with Crippen molar-refractivity contribution >= 4 is 44.4 Å². The van der Waals surface area contributed by atoms with Gasteiger partial charge in [-0.2, -0.15) is 0 Å². The van der Waals surface area contributed by atoms with Crippen molar-refractivity contribution in [2.75, 3.05) is 5.32 Å². The highest BCUT2D eigenvalue weighted by atomic mass is 32.2. The molecule has 0 fully saturated rings. The molecule has 2 aromatic heterocycles. The summed E-state index contributed by atoms with van der Waals surface area (Å²) in [6.45, 7) is 5.84. The Labute approximate surface area is 188 Å². The number of hydrogen-bond acceptors (Lipinski definition) is 6. The van der Waals surface area contributed by atoms with Crippen LogP contribution in [0.2, 0.25) is 0 Å². The van der Waals surface area contributed by atoms with Crippen LogP contribution in [0.5, 0.6) is 0 Å². The predicted octanol–water partition coefficient (Wildman–Crippen LogP) is 5.03. The van der Waals surface area contributed by atoms with Crippen molar-refractivity contribution in [3.05, 3.63) is 81.3 Å². The number of anilines is 1. The molecule has 158 valence electrons. The Morgan fingerprint density at radius 1 is 1.16 bits per heavy atom. The maximum absolute atomic E-state index is 12.6. The lowest BCUT2D eigenvalue weighted by molar-refractivity contribution is -0.115. The third-order valence-electron chi connectivity index (χ3n) is 4.89. The third-order valence-corrected chi connectivity index (χ3v) is 6.86. The van der Waals surface area contributed by atoms with Gasteiger partial charge in [-0.05, 0) is 44.0 Å². The summed E-state index contributed by atoms with van der Waals surface area (Å²) in [6.07, 6.45) is -0.0533. The number of thiazole rings is 1. The summed E-state index contributed by atoms with van der Waals surface area (Å²) in [4.78, 5) is 37.0. The van der Waals surface area contributed by atoms with Gasteiger partial charge in [0.2, 0.25) is 5.91 Å². The molecule has 2 aromatic carbocycles. The normalized spacial score (nSPS) is 12.1. The average Bonchev–Trinajstić information content (AvgIpc) is 3.12. The molecule has 2 heterocycles. The van der Waals surface area contributed by atoms with E-state index in [2.05, 4.69) is 27.2 Å². The van der Waals surface area contributed by atoms with Crippen molar-refractivity contribution in [1.82, 2.24) is 15.0 Å². The monoisotopic (exact) mass is 450 g/mol. The van der Waals surface area contributed by atoms with Crippen molar-refractivity contribution in [1.29, 1.82) is 0 Å². The molecule has 0 radical (unpaired) electrons. The number of aromatic nitrogens is 3. The Hall–Kier alpha value is -2.97. The van der Waals surface area contributed by atoms with E-state index in [9.17, 15) is 9.59 Å². The summed E-state index contributed by atoms with van der Waals surface area (Å²) in [5, 5.41) is 4.01. The third kappa shape index (κ3) is 5.03. The second-order valence-corrected chi connectivity index (χ2v) is 9.68. The van der Waals surface area contributed by atoms with Crippen molar-refractivity contribution in [2.45, 2.75) is 37.6 Å². The van der Waals surface area contributed by atoms with Crippen LogP contribution in [-0.2, 0) is 11.2 Å². The molecule has 0 saturated heterocycles. The molecule has 0 saturated carbocycles. The van der Waals surface area contributed by atoms with E-state index in [4.69, 9.17) is 0 Å². The van der Waals surface area contributed by atoms with Gasteiger partial charge in [0.15, 0.2) is 10.3 Å². The SMILES string of the molecule is Cc1ccc2nc(NC(=O)Cc3c(C)nc(SC(C)c4ccccc4)[nH]c3=O)sc2c1. The number of aromatic amines is 1. The molecule has 4 aromatic rings. The number of carbonyl (C=O) groups excluding carboxylic acids is 1. The van der Waals surface area contributed by atoms with Gasteiger partial charge < -0.3 is 10.3 Å². The second kappa shape index (κ2) is 9.03. The van der Waals surface area contributed by atoms with Gasteiger partial charge >= 0.3 is 0 Å². The van der Waals surface area contributed by atoms with Crippen LogP contribution in [-0.4, -0.2) is 20.9 Å². The maximum Gasteiger partial charge on any atom is 0.255 e. The number of nitrogens with zero attached hydrogens (tertiary/aromatic N) is 2. The Bertz CT molecular complexity index is 1300. The van der Waals surface area contributed by atoms with Gasteiger partial charge in [0.1, 0.15) is 0 Å². The molecular weight excluding hydrogens is 428 g/mol. The highest BCUT2D eigenvalue weighted by Gasteiger charge is 2.16. The van der Waals surface area contributed by atoms with E-state index in [0.29, 0.717) is 21.5 Å². The van der Waals surface area contributed by atoms with Gasteiger partial charge in [0, 0.05) is 16.5 Å². The van der Waals surface area contributed by atoms with Crippen molar-refractivity contribution < 1.29 is 4.79 Å². The number of thioether (sulfide) groups is 1. The van der Waals surface area contributed by atoms with Crippen LogP contribution in [0.1, 0.15) is 34.6 Å². The fourth-order valence-corrected chi connectivity index (χ4v) is 5.17. The van der Waals surface area contributed by atoms with E-state index in [1.165, 1.54) is 23.1 Å². The molecule has 0 bridgehead atoms. The molecule has 0 aliphatic heterocycles. The van der Waals surface area contributed by atoms with E-state index < -0.39 is 0 Å². The number of fused-ring (bicyclic) bond motifs is 1. The molecule has 0 spiro atoms. The Balaban J connectivity index is 1.46. The average molecular weight is 451 g/mol. The summed E-state index contributed by atoms with van der Waals surface area (Å²) in [5.74, 6) is -0.288. The van der Waals surface area contributed by atoms with E-state index in [0.717, 1.165) is 21.3 Å². The molecule has 1 amide bonds. The van der Waals surface area contributed by atoms with Gasteiger partial charge in [-0.15, -0.1) is 0 Å². The summed E-state index contributed by atoms with van der Waals surface area (Å²) < 4.78 is 1.01. The largest absolute Gasteiger partial charge is 0.302 e. The molecule has 2 N–H and O–H groups in total. The minimum absolute atomic E-state index is 0.0533.